The summed E-state index contributed by atoms with van der Waals surface area (Å²) in [7, 11) is 0. The quantitative estimate of drug-likeness (QED) is 0.0868. The minimum absolute atomic E-state index is 0.0739. The molecule has 0 bridgehead atoms. The fraction of sp³-hybridized carbons (Fsp3) is 0.955. The summed E-state index contributed by atoms with van der Waals surface area (Å²) >= 11 is 0. The van der Waals surface area contributed by atoms with Crippen LogP contribution in [0.5, 0.6) is 0 Å². The fourth-order valence-electron chi connectivity index (χ4n) is 4.56. The largest absolute Gasteiger partial charge is 0.388 e. The minimum atomic E-state index is -1.36. The van der Waals surface area contributed by atoms with Gasteiger partial charge < -0.3 is 73.9 Å². The predicted octanol–water partition coefficient (Wildman–Crippen LogP) is -5.90. The van der Waals surface area contributed by atoms with Crippen molar-refractivity contribution in [2.24, 2.45) is 28.7 Å². The van der Waals surface area contributed by atoms with Crippen LogP contribution >= 0.6 is 0 Å². The molecule has 1 aliphatic heterocycles. The van der Waals surface area contributed by atoms with Crippen LogP contribution in [0.4, 0.5) is 0 Å². The number of ether oxygens (including phenoxy) is 3. The van der Waals surface area contributed by atoms with E-state index in [1.807, 2.05) is 0 Å². The monoisotopic (exact) mass is 537 g/mol. The highest BCUT2D eigenvalue weighted by atomic mass is 16.7. The highest BCUT2D eigenvalue weighted by molar-refractivity contribution is 5.80. The van der Waals surface area contributed by atoms with Gasteiger partial charge in [0, 0.05) is 19.1 Å². The van der Waals surface area contributed by atoms with Gasteiger partial charge in [0.05, 0.1) is 18.7 Å². The summed E-state index contributed by atoms with van der Waals surface area (Å²) in [4.78, 5) is 12.5. The van der Waals surface area contributed by atoms with Crippen LogP contribution in [0.15, 0.2) is 0 Å². The molecule has 1 heterocycles. The van der Waals surface area contributed by atoms with Crippen molar-refractivity contribution in [3.63, 3.8) is 0 Å². The van der Waals surface area contributed by atoms with Crippen LogP contribution in [0.25, 0.3) is 0 Å². The Bertz CT molecular complexity index is 667. The molecule has 0 aromatic carbocycles. The average Bonchev–Trinajstić information content (AvgIpc) is 2.87. The SMILES string of the molecule is NCCCCNCCOC1[C@@H](O)[C@@H](O[C@@H]2OC(CN)[C@H](O)[C@H](O)C2N)C(N)C[C@H]1NC(=O)[C@@H](O)CCN. The Balaban J connectivity index is 2.09. The van der Waals surface area contributed by atoms with Gasteiger partial charge in [-0.15, -0.1) is 0 Å². The summed E-state index contributed by atoms with van der Waals surface area (Å²) in [6.07, 6.45) is -7.38. The number of carbonyl (C=O) groups excluding carboxylic acids is 1. The smallest absolute Gasteiger partial charge is 0.249 e. The van der Waals surface area contributed by atoms with E-state index < -0.39 is 73.1 Å². The zero-order valence-electron chi connectivity index (χ0n) is 21.2. The topological polar surface area (TPSA) is 280 Å². The lowest BCUT2D eigenvalue weighted by Crippen LogP contribution is -2.68. The van der Waals surface area contributed by atoms with Crippen molar-refractivity contribution in [3.05, 3.63) is 0 Å². The van der Waals surface area contributed by atoms with Gasteiger partial charge in [0.2, 0.25) is 5.91 Å². The number of aliphatic hydroxyl groups excluding tert-OH is 4. The summed E-state index contributed by atoms with van der Waals surface area (Å²) < 4.78 is 17.5. The van der Waals surface area contributed by atoms with Crippen LogP contribution < -0.4 is 39.3 Å². The molecule has 1 saturated carbocycles. The standard InChI is InChI=1S/C22H47N7O8/c23-4-1-2-6-28-7-8-35-20-12(29-21(34)13(30)3-5-24)9-11(26)19(18(20)33)37-22-15(27)17(32)16(31)14(10-25)36-22/h11-20,22,28,30-33H,1-10,23-27H2,(H,29,34)/t11?,12-,13+,14?,15?,16+,17-,18+,19+,20?,22+/m1/s1. The lowest BCUT2D eigenvalue weighted by molar-refractivity contribution is -0.289. The van der Waals surface area contributed by atoms with Crippen molar-refractivity contribution in [1.29, 1.82) is 0 Å². The number of amides is 1. The number of aliphatic hydroxyl groups is 4. The zero-order valence-corrected chi connectivity index (χ0v) is 21.2. The first-order chi connectivity index (χ1) is 17.7. The molecule has 2 rings (SSSR count). The van der Waals surface area contributed by atoms with Gasteiger partial charge in [-0.1, -0.05) is 0 Å². The molecule has 37 heavy (non-hydrogen) atoms. The third-order valence-electron chi connectivity index (χ3n) is 6.76. The molecule has 16 N–H and O–H groups in total. The molecule has 11 atom stereocenters. The number of hydrogen-bond donors (Lipinski definition) is 11. The minimum Gasteiger partial charge on any atom is -0.388 e. The van der Waals surface area contributed by atoms with E-state index in [9.17, 15) is 25.2 Å². The Kier molecular flexibility index (Phi) is 14.0. The van der Waals surface area contributed by atoms with Gasteiger partial charge in [-0.3, -0.25) is 4.79 Å². The van der Waals surface area contributed by atoms with E-state index in [4.69, 9.17) is 42.9 Å². The molecule has 1 amide bonds. The lowest BCUT2D eigenvalue weighted by Gasteiger charge is -2.47. The molecule has 0 aromatic rings. The fourth-order valence-corrected chi connectivity index (χ4v) is 4.56. The van der Waals surface area contributed by atoms with E-state index in [2.05, 4.69) is 10.6 Å². The predicted molar refractivity (Wildman–Crippen MR) is 134 cm³/mol. The van der Waals surface area contributed by atoms with Crippen LogP contribution in [-0.4, -0.2) is 133 Å². The van der Waals surface area contributed by atoms with Crippen molar-refractivity contribution in [2.75, 3.05) is 39.3 Å². The molecule has 4 unspecified atom stereocenters. The van der Waals surface area contributed by atoms with E-state index in [1.54, 1.807) is 0 Å². The van der Waals surface area contributed by atoms with E-state index in [0.717, 1.165) is 19.4 Å². The highest BCUT2D eigenvalue weighted by Crippen LogP contribution is 2.29. The average molecular weight is 538 g/mol. The molecule has 15 nitrogen and oxygen atoms in total. The van der Waals surface area contributed by atoms with Gasteiger partial charge in [-0.2, -0.15) is 0 Å². The van der Waals surface area contributed by atoms with Crippen LogP contribution in [0.3, 0.4) is 0 Å². The Morgan fingerprint density at radius 3 is 2.38 bits per heavy atom. The molecule has 218 valence electrons. The van der Waals surface area contributed by atoms with Crippen molar-refractivity contribution in [1.82, 2.24) is 10.6 Å². The molecule has 1 saturated heterocycles. The van der Waals surface area contributed by atoms with Crippen LogP contribution in [0.1, 0.15) is 25.7 Å². The Morgan fingerprint density at radius 1 is 1.00 bits per heavy atom. The third-order valence-corrected chi connectivity index (χ3v) is 6.76. The van der Waals surface area contributed by atoms with E-state index >= 15 is 0 Å². The first-order valence-electron chi connectivity index (χ1n) is 12.9. The highest BCUT2D eigenvalue weighted by Gasteiger charge is 2.49. The molecular weight excluding hydrogens is 490 g/mol. The van der Waals surface area contributed by atoms with E-state index in [-0.39, 0.29) is 32.5 Å². The maximum absolute atomic E-state index is 12.5. The van der Waals surface area contributed by atoms with Crippen molar-refractivity contribution in [3.8, 4) is 0 Å². The van der Waals surface area contributed by atoms with Gasteiger partial charge in [0.1, 0.15) is 42.7 Å². The maximum Gasteiger partial charge on any atom is 0.249 e. The van der Waals surface area contributed by atoms with E-state index in [1.165, 1.54) is 0 Å². The van der Waals surface area contributed by atoms with Crippen LogP contribution in [0.2, 0.25) is 0 Å². The molecule has 2 fully saturated rings. The van der Waals surface area contributed by atoms with Crippen LogP contribution in [-0.2, 0) is 19.0 Å². The van der Waals surface area contributed by atoms with Gasteiger partial charge >= 0.3 is 0 Å². The molecule has 0 spiro atoms. The third kappa shape index (κ3) is 8.99. The first kappa shape index (κ1) is 32.2. The summed E-state index contributed by atoms with van der Waals surface area (Å²) in [5.74, 6) is -0.650. The van der Waals surface area contributed by atoms with Gasteiger partial charge in [0.15, 0.2) is 6.29 Å². The molecule has 1 aliphatic carbocycles. The first-order valence-corrected chi connectivity index (χ1v) is 12.9. The zero-order chi connectivity index (χ0) is 27.5. The Labute approximate surface area is 217 Å². The Morgan fingerprint density at radius 2 is 1.73 bits per heavy atom. The second-order valence-corrected chi connectivity index (χ2v) is 9.62. The van der Waals surface area contributed by atoms with E-state index in [0.29, 0.717) is 13.1 Å². The number of hydrogen-bond acceptors (Lipinski definition) is 14. The summed E-state index contributed by atoms with van der Waals surface area (Å²) in [5.41, 5.74) is 28.9. The van der Waals surface area contributed by atoms with Crippen LogP contribution in [0, 0.1) is 0 Å². The van der Waals surface area contributed by atoms with Gasteiger partial charge in [-0.25, -0.2) is 0 Å². The molecule has 0 aromatic heterocycles. The number of carbonyl (C=O) groups is 1. The second kappa shape index (κ2) is 16.1. The second-order valence-electron chi connectivity index (χ2n) is 9.62. The summed E-state index contributed by atoms with van der Waals surface area (Å²) in [5, 5.41) is 47.6. The van der Waals surface area contributed by atoms with Gasteiger partial charge in [-0.05, 0) is 45.3 Å². The lowest BCUT2D eigenvalue weighted by atomic mass is 9.83. The summed E-state index contributed by atoms with van der Waals surface area (Å²) in [6.45, 7) is 2.10. The van der Waals surface area contributed by atoms with Gasteiger partial charge in [0.25, 0.3) is 0 Å². The van der Waals surface area contributed by atoms with Crippen molar-refractivity contribution >= 4 is 5.91 Å². The summed E-state index contributed by atoms with van der Waals surface area (Å²) in [6, 6.07) is -2.65. The number of rotatable bonds is 15. The molecule has 0 radical (unpaired) electrons. The number of unbranched alkanes of at least 4 members (excludes halogenated alkanes) is 1. The number of nitrogens with two attached hydrogens (primary N) is 5. The number of nitrogens with one attached hydrogen (secondary N) is 2. The van der Waals surface area contributed by atoms with Crippen molar-refractivity contribution < 1.29 is 39.4 Å². The maximum atomic E-state index is 12.5. The molecular formula is C22H47N7O8. The normalized spacial score (nSPS) is 37.3. The molecule has 2 aliphatic rings. The Hall–Kier alpha value is -1.05. The van der Waals surface area contributed by atoms with Crippen molar-refractivity contribution in [2.45, 2.75) is 92.8 Å². The molecule has 15 heteroatoms.